The maximum Gasteiger partial charge on any atom is 0.107 e. The molecule has 2 aliphatic rings. The molecule has 1 aromatic heterocycles. The van der Waals surface area contributed by atoms with Crippen LogP contribution in [-0.2, 0) is 5.60 Å². The van der Waals surface area contributed by atoms with Crippen molar-refractivity contribution in [2.75, 3.05) is 13.1 Å². The molecule has 16 heavy (non-hydrogen) atoms. The Bertz CT molecular complexity index is 389. The smallest absolute Gasteiger partial charge is 0.107 e. The zero-order valence-electron chi connectivity index (χ0n) is 9.78. The highest BCUT2D eigenvalue weighted by molar-refractivity contribution is 7.10. The lowest BCUT2D eigenvalue weighted by Crippen LogP contribution is -2.44. The SMILES string of the molecule is Cc1cc(C2(O)CCN3CCCCC32)cs1. The number of piperidine rings is 1. The third-order valence-corrected chi connectivity index (χ3v) is 5.04. The summed E-state index contributed by atoms with van der Waals surface area (Å²) in [4.78, 5) is 3.79. The lowest BCUT2D eigenvalue weighted by atomic mass is 9.84. The van der Waals surface area contributed by atoms with E-state index in [0.717, 1.165) is 24.9 Å². The molecule has 0 spiro atoms. The van der Waals surface area contributed by atoms with Crippen LogP contribution in [0.5, 0.6) is 0 Å². The van der Waals surface area contributed by atoms with Crippen LogP contribution in [0.2, 0.25) is 0 Å². The van der Waals surface area contributed by atoms with Crippen molar-refractivity contribution in [1.82, 2.24) is 4.90 Å². The minimum absolute atomic E-state index is 0.371. The molecule has 2 saturated heterocycles. The summed E-state index contributed by atoms with van der Waals surface area (Å²) in [5.74, 6) is 0. The van der Waals surface area contributed by atoms with Crippen molar-refractivity contribution in [3.63, 3.8) is 0 Å². The quantitative estimate of drug-likeness (QED) is 0.811. The fourth-order valence-corrected chi connectivity index (χ4v) is 4.07. The molecule has 3 rings (SSSR count). The number of hydrogen-bond acceptors (Lipinski definition) is 3. The zero-order chi connectivity index (χ0) is 11.2. The second-order valence-electron chi connectivity index (χ2n) is 5.17. The standard InChI is InChI=1S/C13H19NOS/c1-10-8-11(9-16-10)13(15)5-7-14-6-3-2-4-12(13)14/h8-9,12,15H,2-7H2,1H3. The molecule has 2 fully saturated rings. The van der Waals surface area contributed by atoms with Crippen LogP contribution in [0.4, 0.5) is 0 Å². The molecule has 0 saturated carbocycles. The van der Waals surface area contributed by atoms with Gasteiger partial charge in [0.1, 0.15) is 5.60 Å². The summed E-state index contributed by atoms with van der Waals surface area (Å²) < 4.78 is 0. The van der Waals surface area contributed by atoms with Gasteiger partial charge in [-0.15, -0.1) is 11.3 Å². The van der Waals surface area contributed by atoms with Gasteiger partial charge in [0.05, 0.1) is 0 Å². The molecule has 0 bridgehead atoms. The van der Waals surface area contributed by atoms with Crippen LogP contribution in [0.25, 0.3) is 0 Å². The Morgan fingerprint density at radius 2 is 2.31 bits per heavy atom. The molecule has 0 aliphatic carbocycles. The van der Waals surface area contributed by atoms with Crippen molar-refractivity contribution >= 4 is 11.3 Å². The molecule has 2 aliphatic heterocycles. The minimum atomic E-state index is -0.564. The molecular formula is C13H19NOS. The van der Waals surface area contributed by atoms with Crippen LogP contribution in [0, 0.1) is 6.92 Å². The monoisotopic (exact) mass is 237 g/mol. The van der Waals surface area contributed by atoms with Crippen molar-refractivity contribution in [1.29, 1.82) is 0 Å². The summed E-state index contributed by atoms with van der Waals surface area (Å²) in [6.07, 6.45) is 4.64. The average Bonchev–Trinajstić information content (AvgIpc) is 2.86. The first-order chi connectivity index (χ1) is 7.70. The largest absolute Gasteiger partial charge is 0.383 e. The molecule has 3 heteroatoms. The van der Waals surface area contributed by atoms with Crippen molar-refractivity contribution in [2.24, 2.45) is 0 Å². The number of fused-ring (bicyclic) bond motifs is 1. The van der Waals surface area contributed by atoms with Crippen molar-refractivity contribution < 1.29 is 5.11 Å². The number of nitrogens with zero attached hydrogens (tertiary/aromatic N) is 1. The third-order valence-electron chi connectivity index (χ3n) is 4.18. The number of rotatable bonds is 1. The molecule has 2 atom stereocenters. The van der Waals surface area contributed by atoms with E-state index in [9.17, 15) is 5.11 Å². The lowest BCUT2D eigenvalue weighted by molar-refractivity contribution is -0.0134. The van der Waals surface area contributed by atoms with Crippen molar-refractivity contribution in [3.8, 4) is 0 Å². The second kappa shape index (κ2) is 3.83. The van der Waals surface area contributed by atoms with Gasteiger partial charge in [-0.3, -0.25) is 4.90 Å². The van der Waals surface area contributed by atoms with E-state index in [2.05, 4.69) is 23.3 Å². The Morgan fingerprint density at radius 3 is 3.06 bits per heavy atom. The fraction of sp³-hybridized carbons (Fsp3) is 0.692. The average molecular weight is 237 g/mol. The molecule has 0 radical (unpaired) electrons. The summed E-state index contributed by atoms with van der Waals surface area (Å²) >= 11 is 1.75. The Morgan fingerprint density at radius 1 is 1.44 bits per heavy atom. The molecule has 2 unspecified atom stereocenters. The van der Waals surface area contributed by atoms with E-state index in [1.54, 1.807) is 11.3 Å². The summed E-state index contributed by atoms with van der Waals surface area (Å²) in [5.41, 5.74) is 0.593. The normalized spacial score (nSPS) is 35.2. The van der Waals surface area contributed by atoms with Gasteiger partial charge < -0.3 is 5.11 Å². The molecule has 2 nitrogen and oxygen atoms in total. The molecule has 3 heterocycles. The molecule has 0 aromatic carbocycles. The van der Waals surface area contributed by atoms with Gasteiger partial charge in [0.2, 0.25) is 0 Å². The van der Waals surface area contributed by atoms with E-state index in [4.69, 9.17) is 0 Å². The topological polar surface area (TPSA) is 23.5 Å². The summed E-state index contributed by atoms with van der Waals surface area (Å²) in [6, 6.07) is 2.54. The van der Waals surface area contributed by atoms with E-state index in [-0.39, 0.29) is 0 Å². The highest BCUT2D eigenvalue weighted by Crippen LogP contribution is 2.43. The maximum atomic E-state index is 10.9. The van der Waals surface area contributed by atoms with Gasteiger partial charge in [0.15, 0.2) is 0 Å². The Kier molecular flexibility index (Phi) is 2.57. The van der Waals surface area contributed by atoms with E-state index >= 15 is 0 Å². The third kappa shape index (κ3) is 1.53. The van der Waals surface area contributed by atoms with Gasteiger partial charge in [0, 0.05) is 17.5 Å². The molecule has 1 N–H and O–H groups in total. The summed E-state index contributed by atoms with van der Waals surface area (Å²) in [5, 5.41) is 13.1. The molecule has 88 valence electrons. The highest BCUT2D eigenvalue weighted by atomic mass is 32.1. The van der Waals surface area contributed by atoms with E-state index < -0.39 is 5.60 Å². The Balaban J connectivity index is 1.92. The van der Waals surface area contributed by atoms with Gasteiger partial charge >= 0.3 is 0 Å². The maximum absolute atomic E-state index is 10.9. The van der Waals surface area contributed by atoms with Gasteiger partial charge in [-0.05, 0) is 49.7 Å². The van der Waals surface area contributed by atoms with Gasteiger partial charge in [0.25, 0.3) is 0 Å². The number of aryl methyl sites for hydroxylation is 1. The van der Waals surface area contributed by atoms with E-state index in [1.807, 2.05) is 0 Å². The lowest BCUT2D eigenvalue weighted by Gasteiger charge is -2.37. The van der Waals surface area contributed by atoms with Crippen LogP contribution < -0.4 is 0 Å². The predicted octanol–water partition coefficient (Wildman–Crippen LogP) is 2.50. The van der Waals surface area contributed by atoms with E-state index in [1.165, 1.54) is 24.3 Å². The minimum Gasteiger partial charge on any atom is -0.383 e. The second-order valence-corrected chi connectivity index (χ2v) is 6.28. The zero-order valence-corrected chi connectivity index (χ0v) is 10.6. The Labute approximate surface area is 101 Å². The number of hydrogen-bond donors (Lipinski definition) is 1. The van der Waals surface area contributed by atoms with Gasteiger partial charge in [-0.25, -0.2) is 0 Å². The van der Waals surface area contributed by atoms with Gasteiger partial charge in [-0.2, -0.15) is 0 Å². The number of aliphatic hydroxyl groups is 1. The fourth-order valence-electron chi connectivity index (χ4n) is 3.29. The molecule has 0 amide bonds. The van der Waals surface area contributed by atoms with E-state index in [0.29, 0.717) is 6.04 Å². The summed E-state index contributed by atoms with van der Waals surface area (Å²) in [6.45, 7) is 4.36. The first kappa shape index (κ1) is 10.8. The van der Waals surface area contributed by atoms with Crippen molar-refractivity contribution in [2.45, 2.75) is 44.2 Å². The van der Waals surface area contributed by atoms with Gasteiger partial charge in [-0.1, -0.05) is 6.42 Å². The Hall–Kier alpha value is -0.380. The van der Waals surface area contributed by atoms with Crippen LogP contribution in [-0.4, -0.2) is 29.1 Å². The molecular weight excluding hydrogens is 218 g/mol. The van der Waals surface area contributed by atoms with Crippen LogP contribution in [0.15, 0.2) is 11.4 Å². The van der Waals surface area contributed by atoms with Crippen LogP contribution in [0.3, 0.4) is 0 Å². The molecule has 1 aromatic rings. The predicted molar refractivity (Wildman–Crippen MR) is 66.8 cm³/mol. The first-order valence-electron chi connectivity index (χ1n) is 6.22. The summed E-state index contributed by atoms with van der Waals surface area (Å²) in [7, 11) is 0. The number of thiophene rings is 1. The van der Waals surface area contributed by atoms with Crippen LogP contribution >= 0.6 is 11.3 Å². The van der Waals surface area contributed by atoms with Crippen molar-refractivity contribution in [3.05, 3.63) is 21.9 Å². The first-order valence-corrected chi connectivity index (χ1v) is 7.10. The highest BCUT2D eigenvalue weighted by Gasteiger charge is 2.47. The van der Waals surface area contributed by atoms with Crippen LogP contribution in [0.1, 0.15) is 36.1 Å².